The van der Waals surface area contributed by atoms with Crippen LogP contribution in [0.2, 0.25) is 0 Å². The first-order valence-electron chi connectivity index (χ1n) is 7.66. The molecule has 1 saturated carbocycles. The van der Waals surface area contributed by atoms with Gasteiger partial charge in [-0.15, -0.1) is 0 Å². The topological polar surface area (TPSA) is 50.4 Å². The highest BCUT2D eigenvalue weighted by molar-refractivity contribution is 5.83. The molecule has 4 nitrogen and oxygen atoms in total. The second-order valence-electron chi connectivity index (χ2n) is 6.37. The molecule has 110 valence electrons. The van der Waals surface area contributed by atoms with E-state index in [0.717, 1.165) is 32.0 Å². The number of carbonyl (C=O) groups excluding carboxylic acids is 1. The molecule has 1 aliphatic heterocycles. The first-order valence-corrected chi connectivity index (χ1v) is 7.66. The number of rotatable bonds is 5. The number of methoxy groups -OCH3 is 1. The molecule has 1 amide bonds. The predicted octanol–water partition coefficient (Wildman–Crippen LogP) is 1.55. The van der Waals surface area contributed by atoms with Crippen molar-refractivity contribution in [3.8, 4) is 0 Å². The molecular weight excluding hydrogens is 240 g/mol. The Labute approximate surface area is 116 Å². The summed E-state index contributed by atoms with van der Waals surface area (Å²) in [6.45, 7) is 5.33. The van der Waals surface area contributed by atoms with Crippen molar-refractivity contribution in [1.82, 2.24) is 10.6 Å². The molecule has 2 N–H and O–H groups in total. The number of nitrogens with one attached hydrogen (secondary N) is 2. The predicted molar refractivity (Wildman–Crippen MR) is 75.9 cm³/mol. The second-order valence-corrected chi connectivity index (χ2v) is 6.37. The molecule has 2 aliphatic rings. The van der Waals surface area contributed by atoms with E-state index in [1.807, 2.05) is 0 Å². The van der Waals surface area contributed by atoms with Gasteiger partial charge in [-0.3, -0.25) is 4.79 Å². The van der Waals surface area contributed by atoms with Gasteiger partial charge in [-0.1, -0.05) is 26.2 Å². The van der Waals surface area contributed by atoms with E-state index in [2.05, 4.69) is 17.6 Å². The lowest BCUT2D eigenvalue weighted by Crippen LogP contribution is -2.47. The van der Waals surface area contributed by atoms with Crippen LogP contribution in [0.4, 0.5) is 0 Å². The van der Waals surface area contributed by atoms with Gasteiger partial charge in [0, 0.05) is 20.2 Å². The molecule has 0 spiro atoms. The minimum atomic E-state index is -0.341. The van der Waals surface area contributed by atoms with E-state index in [1.54, 1.807) is 7.11 Å². The van der Waals surface area contributed by atoms with Gasteiger partial charge in [-0.2, -0.15) is 0 Å². The molecule has 1 saturated heterocycles. The van der Waals surface area contributed by atoms with Gasteiger partial charge in [-0.25, -0.2) is 0 Å². The maximum absolute atomic E-state index is 12.5. The Kier molecular flexibility index (Phi) is 5.22. The van der Waals surface area contributed by atoms with Gasteiger partial charge in [0.05, 0.1) is 12.0 Å². The first-order chi connectivity index (χ1) is 9.18. The summed E-state index contributed by atoms with van der Waals surface area (Å²) in [5.74, 6) is 1.58. The van der Waals surface area contributed by atoms with Gasteiger partial charge in [0.25, 0.3) is 0 Å². The van der Waals surface area contributed by atoms with Crippen molar-refractivity contribution in [2.75, 3.05) is 33.4 Å². The maximum atomic E-state index is 12.5. The minimum Gasteiger partial charge on any atom is -0.384 e. The first kappa shape index (κ1) is 14.8. The average Bonchev–Trinajstić information content (AvgIpc) is 2.88. The fourth-order valence-corrected chi connectivity index (χ4v) is 3.51. The summed E-state index contributed by atoms with van der Waals surface area (Å²) < 4.78 is 5.26. The highest BCUT2D eigenvalue weighted by atomic mass is 16.5. The summed E-state index contributed by atoms with van der Waals surface area (Å²) in [4.78, 5) is 12.5. The third kappa shape index (κ3) is 3.48. The number of hydrogen-bond donors (Lipinski definition) is 2. The summed E-state index contributed by atoms with van der Waals surface area (Å²) in [5, 5.41) is 6.48. The zero-order valence-corrected chi connectivity index (χ0v) is 12.3. The normalized spacial score (nSPS) is 35.3. The molecular formula is C15H28N2O2. The van der Waals surface area contributed by atoms with Gasteiger partial charge in [0.2, 0.25) is 5.91 Å². The summed E-state index contributed by atoms with van der Waals surface area (Å²) in [7, 11) is 1.68. The van der Waals surface area contributed by atoms with E-state index in [1.165, 1.54) is 25.7 Å². The smallest absolute Gasteiger partial charge is 0.229 e. The zero-order valence-electron chi connectivity index (χ0n) is 12.3. The number of amides is 1. The van der Waals surface area contributed by atoms with Gasteiger partial charge in [0.1, 0.15) is 0 Å². The van der Waals surface area contributed by atoms with E-state index in [9.17, 15) is 4.79 Å². The van der Waals surface area contributed by atoms with Crippen LogP contribution in [0.25, 0.3) is 0 Å². The van der Waals surface area contributed by atoms with Crippen molar-refractivity contribution < 1.29 is 9.53 Å². The Morgan fingerprint density at radius 3 is 2.84 bits per heavy atom. The molecule has 0 bridgehead atoms. The van der Waals surface area contributed by atoms with E-state index in [0.29, 0.717) is 12.5 Å². The quantitative estimate of drug-likeness (QED) is 0.795. The molecule has 2 fully saturated rings. The average molecular weight is 268 g/mol. The van der Waals surface area contributed by atoms with E-state index in [-0.39, 0.29) is 11.3 Å². The molecule has 0 aromatic rings. The molecule has 0 radical (unpaired) electrons. The number of ether oxygens (including phenoxy) is 1. The van der Waals surface area contributed by atoms with Crippen LogP contribution in [-0.2, 0) is 9.53 Å². The lowest BCUT2D eigenvalue weighted by Gasteiger charge is -2.31. The largest absolute Gasteiger partial charge is 0.384 e. The summed E-state index contributed by atoms with van der Waals surface area (Å²) in [6.07, 6.45) is 6.12. The summed E-state index contributed by atoms with van der Waals surface area (Å²) >= 11 is 0. The standard InChI is InChI=1S/C15H28N2O2/c1-12-5-3-4-6-13(12)9-17-14(18)15(11-19-2)7-8-16-10-15/h12-13,16H,3-11H2,1-2H3,(H,17,18). The molecule has 4 heteroatoms. The van der Waals surface area contributed by atoms with Gasteiger partial charge in [0.15, 0.2) is 0 Å². The molecule has 1 aliphatic carbocycles. The Hall–Kier alpha value is -0.610. The van der Waals surface area contributed by atoms with Crippen LogP contribution >= 0.6 is 0 Å². The Balaban J connectivity index is 1.85. The number of hydrogen-bond acceptors (Lipinski definition) is 3. The molecule has 3 unspecified atom stereocenters. The van der Waals surface area contributed by atoms with Gasteiger partial charge in [-0.05, 0) is 31.2 Å². The molecule has 19 heavy (non-hydrogen) atoms. The Morgan fingerprint density at radius 1 is 1.42 bits per heavy atom. The number of carbonyl (C=O) groups is 1. The van der Waals surface area contributed by atoms with Crippen molar-refractivity contribution in [3.05, 3.63) is 0 Å². The molecule has 0 aromatic carbocycles. The van der Waals surface area contributed by atoms with Gasteiger partial charge >= 0.3 is 0 Å². The van der Waals surface area contributed by atoms with Crippen LogP contribution in [0.5, 0.6) is 0 Å². The summed E-state index contributed by atoms with van der Waals surface area (Å²) in [6, 6.07) is 0. The minimum absolute atomic E-state index is 0.178. The second kappa shape index (κ2) is 6.71. The maximum Gasteiger partial charge on any atom is 0.229 e. The molecule has 2 rings (SSSR count). The Bertz CT molecular complexity index is 301. The van der Waals surface area contributed by atoms with Crippen molar-refractivity contribution >= 4 is 5.91 Å². The lowest BCUT2D eigenvalue weighted by atomic mass is 9.80. The van der Waals surface area contributed by atoms with Crippen molar-refractivity contribution in [2.45, 2.75) is 39.0 Å². The van der Waals surface area contributed by atoms with E-state index < -0.39 is 0 Å². The molecule has 0 aromatic heterocycles. The van der Waals surface area contributed by atoms with Crippen molar-refractivity contribution in [3.63, 3.8) is 0 Å². The zero-order chi connectivity index (χ0) is 13.7. The Morgan fingerprint density at radius 2 is 2.21 bits per heavy atom. The summed E-state index contributed by atoms with van der Waals surface area (Å²) in [5.41, 5.74) is -0.341. The fraction of sp³-hybridized carbons (Fsp3) is 0.933. The highest BCUT2D eigenvalue weighted by Crippen LogP contribution is 2.30. The lowest BCUT2D eigenvalue weighted by molar-refractivity contribution is -0.133. The van der Waals surface area contributed by atoms with E-state index in [4.69, 9.17) is 4.74 Å². The van der Waals surface area contributed by atoms with Crippen LogP contribution in [0.1, 0.15) is 39.0 Å². The SMILES string of the molecule is COCC1(C(=O)NCC2CCCCC2C)CCNC1. The fourth-order valence-electron chi connectivity index (χ4n) is 3.51. The van der Waals surface area contributed by atoms with Crippen LogP contribution in [0.3, 0.4) is 0 Å². The van der Waals surface area contributed by atoms with Crippen LogP contribution < -0.4 is 10.6 Å². The van der Waals surface area contributed by atoms with Crippen LogP contribution in [0, 0.1) is 17.3 Å². The van der Waals surface area contributed by atoms with Crippen LogP contribution in [-0.4, -0.2) is 39.3 Å². The third-order valence-corrected chi connectivity index (χ3v) is 4.96. The van der Waals surface area contributed by atoms with E-state index >= 15 is 0 Å². The van der Waals surface area contributed by atoms with Crippen LogP contribution in [0.15, 0.2) is 0 Å². The molecule has 1 heterocycles. The van der Waals surface area contributed by atoms with Crippen molar-refractivity contribution in [1.29, 1.82) is 0 Å². The third-order valence-electron chi connectivity index (χ3n) is 4.96. The highest BCUT2D eigenvalue weighted by Gasteiger charge is 2.41. The monoisotopic (exact) mass is 268 g/mol. The molecule has 3 atom stereocenters. The van der Waals surface area contributed by atoms with Gasteiger partial charge < -0.3 is 15.4 Å². The van der Waals surface area contributed by atoms with Crippen molar-refractivity contribution in [2.24, 2.45) is 17.3 Å².